The first-order valence-corrected chi connectivity index (χ1v) is 9.05. The van der Waals surface area contributed by atoms with E-state index in [-0.39, 0.29) is 10.9 Å². The normalized spacial score (nSPS) is 14.3. The summed E-state index contributed by atoms with van der Waals surface area (Å²) >= 11 is 0. The number of aliphatic hydroxyl groups is 1. The first-order valence-electron chi connectivity index (χ1n) is 7.16. The van der Waals surface area contributed by atoms with E-state index in [2.05, 4.69) is 5.32 Å². The van der Waals surface area contributed by atoms with Gasteiger partial charge < -0.3 is 10.4 Å². The molecule has 0 saturated carbocycles. The largest absolute Gasteiger partial charge is 0.388 e. The minimum Gasteiger partial charge on any atom is -0.388 e. The van der Waals surface area contributed by atoms with Crippen LogP contribution in [0.1, 0.15) is 25.0 Å². The third kappa shape index (κ3) is 4.32. The van der Waals surface area contributed by atoms with Gasteiger partial charge in [0, 0.05) is 12.3 Å². The molecule has 2 aromatic carbocycles. The molecule has 22 heavy (non-hydrogen) atoms. The Morgan fingerprint density at radius 1 is 1.05 bits per heavy atom. The van der Waals surface area contributed by atoms with Crippen molar-refractivity contribution >= 4 is 15.5 Å². The Labute approximate surface area is 131 Å². The lowest BCUT2D eigenvalue weighted by Gasteiger charge is -2.20. The molecule has 2 unspecified atom stereocenters. The number of hydrogen-bond donors (Lipinski definition) is 2. The molecule has 2 N–H and O–H groups in total. The lowest BCUT2D eigenvalue weighted by atomic mass is 10.0. The van der Waals surface area contributed by atoms with Gasteiger partial charge >= 0.3 is 0 Å². The minimum absolute atomic E-state index is 0.0712. The molecule has 0 aromatic heterocycles. The molecule has 118 valence electrons. The molecular formula is C17H21NO3S. The summed E-state index contributed by atoms with van der Waals surface area (Å²) in [5.41, 5.74) is 1.42. The molecule has 0 radical (unpaired) electrons. The second-order valence-corrected chi connectivity index (χ2v) is 7.46. The lowest BCUT2D eigenvalue weighted by Crippen LogP contribution is -2.20. The van der Waals surface area contributed by atoms with Crippen LogP contribution >= 0.6 is 0 Å². The number of hydrogen-bond acceptors (Lipinski definition) is 4. The van der Waals surface area contributed by atoms with Gasteiger partial charge in [-0.2, -0.15) is 0 Å². The highest BCUT2D eigenvalue weighted by molar-refractivity contribution is 7.90. The Hall–Kier alpha value is -1.85. The summed E-state index contributed by atoms with van der Waals surface area (Å²) in [4.78, 5) is 0.274. The van der Waals surface area contributed by atoms with E-state index in [0.29, 0.717) is 12.1 Å². The minimum atomic E-state index is -3.28. The van der Waals surface area contributed by atoms with Gasteiger partial charge in [-0.15, -0.1) is 0 Å². The van der Waals surface area contributed by atoms with Crippen molar-refractivity contribution in [2.45, 2.75) is 30.4 Å². The van der Waals surface area contributed by atoms with E-state index in [1.54, 1.807) is 24.3 Å². The van der Waals surface area contributed by atoms with Crippen LogP contribution in [0.2, 0.25) is 0 Å². The highest BCUT2D eigenvalue weighted by Crippen LogP contribution is 2.24. The van der Waals surface area contributed by atoms with Gasteiger partial charge in [-0.3, -0.25) is 0 Å². The van der Waals surface area contributed by atoms with Crippen molar-refractivity contribution in [3.8, 4) is 0 Å². The highest BCUT2D eigenvalue weighted by Gasteiger charge is 2.16. The van der Waals surface area contributed by atoms with Gasteiger partial charge in [0.1, 0.15) is 0 Å². The number of rotatable bonds is 6. The number of benzene rings is 2. The molecule has 0 aliphatic heterocycles. The third-order valence-corrected chi connectivity index (χ3v) is 4.60. The van der Waals surface area contributed by atoms with Gasteiger partial charge in [0.05, 0.1) is 16.7 Å². The molecule has 0 saturated heterocycles. The van der Waals surface area contributed by atoms with Crippen LogP contribution in [0.15, 0.2) is 59.5 Å². The second-order valence-electron chi connectivity index (χ2n) is 5.48. The molecule has 0 bridgehead atoms. The predicted octanol–water partition coefficient (Wildman–Crippen LogP) is 3.01. The van der Waals surface area contributed by atoms with Gasteiger partial charge in [-0.1, -0.05) is 42.5 Å². The van der Waals surface area contributed by atoms with Crippen LogP contribution in [0.5, 0.6) is 0 Å². The summed E-state index contributed by atoms with van der Waals surface area (Å²) in [6, 6.07) is 16.2. The Morgan fingerprint density at radius 2 is 1.64 bits per heavy atom. The lowest BCUT2D eigenvalue weighted by molar-refractivity contribution is 0.162. The van der Waals surface area contributed by atoms with E-state index >= 15 is 0 Å². The standard InChI is InChI=1S/C17H21NO3S/c1-13(12-16(19)14-8-4-3-5-9-14)18-15-10-6-7-11-17(15)22(2,20)21/h3-11,13,16,18-19H,12H2,1-2H3. The van der Waals surface area contributed by atoms with Crippen molar-refractivity contribution in [1.29, 1.82) is 0 Å². The fourth-order valence-corrected chi connectivity index (χ4v) is 3.23. The van der Waals surface area contributed by atoms with Crippen LogP contribution in [0, 0.1) is 0 Å². The zero-order chi connectivity index (χ0) is 16.2. The average Bonchev–Trinajstić information content (AvgIpc) is 2.47. The molecular weight excluding hydrogens is 298 g/mol. The van der Waals surface area contributed by atoms with Crippen molar-refractivity contribution in [2.75, 3.05) is 11.6 Å². The topological polar surface area (TPSA) is 66.4 Å². The van der Waals surface area contributed by atoms with Crippen molar-refractivity contribution in [3.05, 3.63) is 60.2 Å². The molecule has 0 spiro atoms. The van der Waals surface area contributed by atoms with Crippen LogP contribution in [0.4, 0.5) is 5.69 Å². The van der Waals surface area contributed by atoms with E-state index in [1.807, 2.05) is 37.3 Å². The first kappa shape index (κ1) is 16.5. The number of nitrogens with one attached hydrogen (secondary N) is 1. The third-order valence-electron chi connectivity index (χ3n) is 3.45. The highest BCUT2D eigenvalue weighted by atomic mass is 32.2. The van der Waals surface area contributed by atoms with Gasteiger partial charge in [-0.25, -0.2) is 8.42 Å². The maximum absolute atomic E-state index is 11.8. The van der Waals surface area contributed by atoms with Gasteiger partial charge in [0.15, 0.2) is 9.84 Å². The van der Waals surface area contributed by atoms with Crippen molar-refractivity contribution < 1.29 is 13.5 Å². The molecule has 2 atom stereocenters. The van der Waals surface area contributed by atoms with Crippen LogP contribution in [-0.2, 0) is 9.84 Å². The zero-order valence-electron chi connectivity index (χ0n) is 12.7. The molecule has 4 nitrogen and oxygen atoms in total. The summed E-state index contributed by atoms with van der Waals surface area (Å²) < 4.78 is 23.6. The smallest absolute Gasteiger partial charge is 0.177 e. The quantitative estimate of drug-likeness (QED) is 0.859. The Morgan fingerprint density at radius 3 is 2.27 bits per heavy atom. The van der Waals surface area contributed by atoms with Crippen LogP contribution in [0.25, 0.3) is 0 Å². The van der Waals surface area contributed by atoms with E-state index in [4.69, 9.17) is 0 Å². The van der Waals surface area contributed by atoms with Crippen LogP contribution in [-0.4, -0.2) is 25.8 Å². The van der Waals surface area contributed by atoms with Crippen LogP contribution < -0.4 is 5.32 Å². The molecule has 5 heteroatoms. The summed E-state index contributed by atoms with van der Waals surface area (Å²) in [7, 11) is -3.28. The Bertz CT molecular complexity index is 714. The molecule has 0 aliphatic rings. The maximum atomic E-state index is 11.8. The predicted molar refractivity (Wildman–Crippen MR) is 88.7 cm³/mol. The van der Waals surface area contributed by atoms with Crippen molar-refractivity contribution in [1.82, 2.24) is 0 Å². The first-order chi connectivity index (χ1) is 10.4. The zero-order valence-corrected chi connectivity index (χ0v) is 13.5. The van der Waals surface area contributed by atoms with Gasteiger partial charge in [-0.05, 0) is 31.0 Å². The SMILES string of the molecule is CC(CC(O)c1ccccc1)Nc1ccccc1S(C)(=O)=O. The summed E-state index contributed by atoms with van der Waals surface area (Å²) in [6.07, 6.45) is 1.09. The molecule has 2 aromatic rings. The van der Waals surface area contributed by atoms with Gasteiger partial charge in [0.25, 0.3) is 0 Å². The second kappa shape index (κ2) is 6.94. The fraction of sp³-hybridized carbons (Fsp3) is 0.294. The number of anilines is 1. The van der Waals surface area contributed by atoms with E-state index in [9.17, 15) is 13.5 Å². The molecule has 0 amide bonds. The molecule has 0 heterocycles. The van der Waals surface area contributed by atoms with E-state index in [1.165, 1.54) is 6.26 Å². The Kier molecular flexibility index (Phi) is 5.21. The van der Waals surface area contributed by atoms with Crippen molar-refractivity contribution in [2.24, 2.45) is 0 Å². The number of sulfone groups is 1. The number of aliphatic hydroxyl groups excluding tert-OH is 1. The van der Waals surface area contributed by atoms with E-state index < -0.39 is 15.9 Å². The average molecular weight is 319 g/mol. The number of para-hydroxylation sites is 1. The van der Waals surface area contributed by atoms with Crippen LogP contribution in [0.3, 0.4) is 0 Å². The van der Waals surface area contributed by atoms with Gasteiger partial charge in [0.2, 0.25) is 0 Å². The summed E-state index contributed by atoms with van der Waals surface area (Å²) in [5.74, 6) is 0. The van der Waals surface area contributed by atoms with E-state index in [0.717, 1.165) is 5.56 Å². The molecule has 2 rings (SSSR count). The maximum Gasteiger partial charge on any atom is 0.177 e. The fourth-order valence-electron chi connectivity index (χ4n) is 2.38. The summed E-state index contributed by atoms with van der Waals surface area (Å²) in [5, 5.41) is 13.4. The monoisotopic (exact) mass is 319 g/mol. The summed E-state index contributed by atoms with van der Waals surface area (Å²) in [6.45, 7) is 1.92. The molecule has 0 fully saturated rings. The molecule has 0 aliphatic carbocycles. The Balaban J connectivity index is 2.09. The van der Waals surface area contributed by atoms with Crippen molar-refractivity contribution in [3.63, 3.8) is 0 Å².